The monoisotopic (exact) mass is 272 g/mol. The lowest BCUT2D eigenvalue weighted by Crippen LogP contribution is -2.23. The van der Waals surface area contributed by atoms with Gasteiger partial charge in [0.1, 0.15) is 0 Å². The predicted octanol–water partition coefficient (Wildman–Crippen LogP) is 6.49. The number of hydrogen-bond donors (Lipinski definition) is 0. The van der Waals surface area contributed by atoms with Crippen molar-refractivity contribution in [3.05, 3.63) is 35.4 Å². The molecule has 0 radical (unpaired) electrons. The van der Waals surface area contributed by atoms with Gasteiger partial charge in [-0.05, 0) is 67.4 Å². The third-order valence-corrected chi connectivity index (χ3v) is 5.32. The molecule has 1 aliphatic rings. The van der Waals surface area contributed by atoms with Gasteiger partial charge in [-0.3, -0.25) is 0 Å². The largest absolute Gasteiger partial charge is 0.0654 e. The Kier molecular flexibility index (Phi) is 5.69. The second-order valence-electron chi connectivity index (χ2n) is 7.18. The van der Waals surface area contributed by atoms with Gasteiger partial charge in [-0.2, -0.15) is 0 Å². The quantitative estimate of drug-likeness (QED) is 0.555. The van der Waals surface area contributed by atoms with Crippen molar-refractivity contribution < 1.29 is 0 Å². The molecule has 1 aliphatic carbocycles. The van der Waals surface area contributed by atoms with Gasteiger partial charge in [-0.15, -0.1) is 0 Å². The van der Waals surface area contributed by atoms with Gasteiger partial charge in [-0.1, -0.05) is 57.9 Å². The van der Waals surface area contributed by atoms with E-state index in [2.05, 4.69) is 45.0 Å². The highest BCUT2D eigenvalue weighted by atomic mass is 14.4. The molecule has 0 amide bonds. The Morgan fingerprint density at radius 3 is 2.20 bits per heavy atom. The Morgan fingerprint density at radius 1 is 1.00 bits per heavy atom. The van der Waals surface area contributed by atoms with Gasteiger partial charge in [0.15, 0.2) is 0 Å². The lowest BCUT2D eigenvalue weighted by molar-refractivity contribution is 0.182. The molecule has 0 bridgehead atoms. The lowest BCUT2D eigenvalue weighted by atomic mass is 9.68. The van der Waals surface area contributed by atoms with Crippen molar-refractivity contribution in [2.24, 2.45) is 5.41 Å². The lowest BCUT2D eigenvalue weighted by Gasteiger charge is -2.37. The van der Waals surface area contributed by atoms with Crippen LogP contribution in [-0.4, -0.2) is 0 Å². The van der Waals surface area contributed by atoms with Crippen molar-refractivity contribution in [2.45, 2.75) is 84.5 Å². The van der Waals surface area contributed by atoms with Crippen molar-refractivity contribution in [1.82, 2.24) is 0 Å². The Labute approximate surface area is 126 Å². The maximum atomic E-state index is 2.50. The minimum atomic E-state index is 0.631. The van der Waals surface area contributed by atoms with Gasteiger partial charge >= 0.3 is 0 Å². The number of rotatable bonds is 6. The van der Waals surface area contributed by atoms with E-state index in [1.807, 2.05) is 0 Å². The zero-order chi connectivity index (χ0) is 14.4. The van der Waals surface area contributed by atoms with Crippen LogP contribution in [0.25, 0.3) is 0 Å². The molecule has 0 aromatic heterocycles. The van der Waals surface area contributed by atoms with E-state index in [1.54, 1.807) is 5.56 Å². The van der Waals surface area contributed by atoms with Crippen molar-refractivity contribution >= 4 is 0 Å². The smallest absolute Gasteiger partial charge is 0.0162 e. The van der Waals surface area contributed by atoms with E-state index in [0.29, 0.717) is 5.41 Å². The Morgan fingerprint density at radius 2 is 1.65 bits per heavy atom. The van der Waals surface area contributed by atoms with Crippen LogP contribution in [-0.2, 0) is 6.42 Å². The highest BCUT2D eigenvalue weighted by molar-refractivity contribution is 5.26. The first kappa shape index (κ1) is 15.6. The first-order valence-corrected chi connectivity index (χ1v) is 8.75. The van der Waals surface area contributed by atoms with E-state index in [-0.39, 0.29) is 0 Å². The average molecular weight is 272 g/mol. The molecule has 0 saturated heterocycles. The predicted molar refractivity (Wildman–Crippen MR) is 89.3 cm³/mol. The third kappa shape index (κ3) is 4.11. The maximum absolute atomic E-state index is 2.50. The molecule has 0 unspecified atom stereocenters. The SMILES string of the molecule is CCCCc1ccc(C2CCC(C)(CCC)CC2)cc1. The molecule has 0 heterocycles. The summed E-state index contributed by atoms with van der Waals surface area (Å²) in [4.78, 5) is 0. The molecule has 0 nitrogen and oxygen atoms in total. The number of aryl methyl sites for hydroxylation is 1. The summed E-state index contributed by atoms with van der Waals surface area (Å²) in [6, 6.07) is 9.53. The van der Waals surface area contributed by atoms with E-state index in [1.165, 1.54) is 63.4 Å². The molecule has 1 saturated carbocycles. The molecule has 0 spiro atoms. The molecule has 112 valence electrons. The van der Waals surface area contributed by atoms with Crippen LogP contribution in [0.3, 0.4) is 0 Å². The van der Waals surface area contributed by atoms with Crippen molar-refractivity contribution in [3.8, 4) is 0 Å². The van der Waals surface area contributed by atoms with Gasteiger partial charge in [0.25, 0.3) is 0 Å². The molecule has 0 aliphatic heterocycles. The van der Waals surface area contributed by atoms with Crippen LogP contribution < -0.4 is 0 Å². The van der Waals surface area contributed by atoms with Crippen LogP contribution in [0.4, 0.5) is 0 Å². The average Bonchev–Trinajstić information content (AvgIpc) is 2.47. The number of hydrogen-bond acceptors (Lipinski definition) is 0. The van der Waals surface area contributed by atoms with Gasteiger partial charge in [0.05, 0.1) is 0 Å². The van der Waals surface area contributed by atoms with Crippen LogP contribution in [0.5, 0.6) is 0 Å². The summed E-state index contributed by atoms with van der Waals surface area (Å²) >= 11 is 0. The highest BCUT2D eigenvalue weighted by Gasteiger charge is 2.30. The fourth-order valence-corrected chi connectivity index (χ4v) is 3.84. The van der Waals surface area contributed by atoms with E-state index in [0.717, 1.165) is 5.92 Å². The van der Waals surface area contributed by atoms with Gasteiger partial charge in [-0.25, -0.2) is 0 Å². The second-order valence-corrected chi connectivity index (χ2v) is 7.18. The summed E-state index contributed by atoms with van der Waals surface area (Å²) in [7, 11) is 0. The van der Waals surface area contributed by atoms with Crippen molar-refractivity contribution in [2.75, 3.05) is 0 Å². The minimum Gasteiger partial charge on any atom is -0.0654 e. The molecule has 20 heavy (non-hydrogen) atoms. The summed E-state index contributed by atoms with van der Waals surface area (Å²) in [5.41, 5.74) is 3.73. The van der Waals surface area contributed by atoms with Crippen LogP contribution >= 0.6 is 0 Å². The molecule has 1 aromatic carbocycles. The molecule has 0 N–H and O–H groups in total. The molecule has 2 rings (SSSR count). The van der Waals surface area contributed by atoms with Gasteiger partial charge < -0.3 is 0 Å². The van der Waals surface area contributed by atoms with Gasteiger partial charge in [0, 0.05) is 0 Å². The highest BCUT2D eigenvalue weighted by Crippen LogP contribution is 2.45. The summed E-state index contributed by atoms with van der Waals surface area (Å²) < 4.78 is 0. The van der Waals surface area contributed by atoms with Crippen LogP contribution in [0.2, 0.25) is 0 Å². The van der Waals surface area contributed by atoms with Crippen molar-refractivity contribution in [1.29, 1.82) is 0 Å². The zero-order valence-electron chi connectivity index (χ0n) is 13.8. The van der Waals surface area contributed by atoms with E-state index < -0.39 is 0 Å². The number of unbranched alkanes of at least 4 members (excludes halogenated alkanes) is 1. The topological polar surface area (TPSA) is 0 Å². The van der Waals surface area contributed by atoms with Crippen LogP contribution in [0.15, 0.2) is 24.3 Å². The number of benzene rings is 1. The fourth-order valence-electron chi connectivity index (χ4n) is 3.84. The van der Waals surface area contributed by atoms with E-state index in [9.17, 15) is 0 Å². The Bertz CT molecular complexity index is 379. The Balaban J connectivity index is 1.90. The fraction of sp³-hybridized carbons (Fsp3) is 0.700. The van der Waals surface area contributed by atoms with E-state index >= 15 is 0 Å². The van der Waals surface area contributed by atoms with Crippen LogP contribution in [0.1, 0.15) is 89.2 Å². The maximum Gasteiger partial charge on any atom is -0.0162 e. The zero-order valence-corrected chi connectivity index (χ0v) is 13.8. The van der Waals surface area contributed by atoms with Crippen molar-refractivity contribution in [3.63, 3.8) is 0 Å². The van der Waals surface area contributed by atoms with Crippen LogP contribution in [0, 0.1) is 5.41 Å². The first-order valence-electron chi connectivity index (χ1n) is 8.75. The Hall–Kier alpha value is -0.780. The van der Waals surface area contributed by atoms with E-state index in [4.69, 9.17) is 0 Å². The molecule has 1 aromatic rings. The molecular formula is C20H32. The molecule has 0 heteroatoms. The standard InChI is InChI=1S/C20H32/c1-4-6-7-17-8-10-18(11-9-17)19-12-15-20(3,14-5-2)16-13-19/h8-11,19H,4-7,12-16H2,1-3H3. The summed E-state index contributed by atoms with van der Waals surface area (Å²) in [5.74, 6) is 0.820. The first-order chi connectivity index (χ1) is 9.67. The minimum absolute atomic E-state index is 0.631. The third-order valence-electron chi connectivity index (χ3n) is 5.32. The summed E-state index contributed by atoms with van der Waals surface area (Å²) in [5, 5.41) is 0. The molecule has 0 atom stereocenters. The second kappa shape index (κ2) is 7.29. The molecule has 1 fully saturated rings. The van der Waals surface area contributed by atoms with Gasteiger partial charge in [0.2, 0.25) is 0 Å². The molecular weight excluding hydrogens is 240 g/mol. The summed E-state index contributed by atoms with van der Waals surface area (Å²) in [6.45, 7) is 7.09. The summed E-state index contributed by atoms with van der Waals surface area (Å²) in [6.07, 6.45) is 12.2. The normalized spacial score (nSPS) is 26.6.